The molecule has 9 heavy (non-hydrogen) atoms. The van der Waals surface area contributed by atoms with Gasteiger partial charge in [0.15, 0.2) is 6.23 Å². The molecule has 1 aliphatic heterocycles. The molecule has 1 heterocycles. The summed E-state index contributed by atoms with van der Waals surface area (Å²) in [4.78, 5) is 0. The number of hydrogen-bond acceptors (Lipinski definition) is 2. The van der Waals surface area contributed by atoms with Crippen LogP contribution in [0.4, 0.5) is 0 Å². The first kappa shape index (κ1) is 6.90. The highest BCUT2D eigenvalue weighted by Gasteiger charge is 2.21. The van der Waals surface area contributed by atoms with Crippen LogP contribution >= 0.6 is 11.6 Å². The van der Waals surface area contributed by atoms with Crippen LogP contribution in [-0.4, -0.2) is 18.1 Å². The number of alkyl halides is 1. The Balaban J connectivity index is 2.21. The second-order valence-electron chi connectivity index (χ2n) is 2.03. The average molecular weight is 148 g/mol. The van der Waals surface area contributed by atoms with E-state index in [0.29, 0.717) is 0 Å². The van der Waals surface area contributed by atoms with Crippen LogP contribution in [0.2, 0.25) is 0 Å². The number of nitrogens with one attached hydrogen (secondary N) is 1. The standard InChI is InChI=1S/C6H10ClNO/c1-2-9-6-3-5(7)4-8-6/h2,5-6,8H,1,3-4H2. The third-order valence-electron chi connectivity index (χ3n) is 1.30. The quantitative estimate of drug-likeness (QED) is 0.466. The molecule has 1 saturated heterocycles. The van der Waals surface area contributed by atoms with E-state index in [2.05, 4.69) is 11.9 Å². The van der Waals surface area contributed by atoms with Gasteiger partial charge in [0.25, 0.3) is 0 Å². The summed E-state index contributed by atoms with van der Waals surface area (Å²) in [6.07, 6.45) is 2.39. The summed E-state index contributed by atoms with van der Waals surface area (Å²) in [6, 6.07) is 0. The van der Waals surface area contributed by atoms with Gasteiger partial charge in [-0.1, -0.05) is 6.58 Å². The molecule has 0 aromatic carbocycles. The minimum absolute atomic E-state index is 0.0880. The van der Waals surface area contributed by atoms with Crippen molar-refractivity contribution in [2.75, 3.05) is 6.54 Å². The predicted molar refractivity (Wildman–Crippen MR) is 37.3 cm³/mol. The molecule has 2 atom stereocenters. The SMILES string of the molecule is C=COC1CC(Cl)CN1. The summed E-state index contributed by atoms with van der Waals surface area (Å²) in [5.41, 5.74) is 0. The van der Waals surface area contributed by atoms with E-state index >= 15 is 0 Å². The maximum Gasteiger partial charge on any atom is 0.150 e. The highest BCUT2D eigenvalue weighted by molar-refractivity contribution is 6.20. The Labute approximate surface area is 59.8 Å². The van der Waals surface area contributed by atoms with Crippen molar-refractivity contribution in [1.82, 2.24) is 5.32 Å². The lowest BCUT2D eigenvalue weighted by Gasteiger charge is -2.07. The normalized spacial score (nSPS) is 34.3. The van der Waals surface area contributed by atoms with E-state index in [4.69, 9.17) is 16.3 Å². The lowest BCUT2D eigenvalue weighted by atomic mass is 10.3. The highest BCUT2D eigenvalue weighted by atomic mass is 35.5. The van der Waals surface area contributed by atoms with Crippen molar-refractivity contribution in [3.05, 3.63) is 12.8 Å². The van der Waals surface area contributed by atoms with Crippen LogP contribution in [0, 0.1) is 0 Å². The Morgan fingerprint density at radius 2 is 2.56 bits per heavy atom. The van der Waals surface area contributed by atoms with Crippen LogP contribution in [0.3, 0.4) is 0 Å². The van der Waals surface area contributed by atoms with Crippen LogP contribution < -0.4 is 5.32 Å². The predicted octanol–water partition coefficient (Wildman–Crippen LogP) is 1.07. The fourth-order valence-corrected chi connectivity index (χ4v) is 1.13. The Morgan fingerprint density at radius 3 is 3.00 bits per heavy atom. The van der Waals surface area contributed by atoms with E-state index in [1.807, 2.05) is 0 Å². The molecule has 1 N–H and O–H groups in total. The first-order valence-electron chi connectivity index (χ1n) is 2.96. The van der Waals surface area contributed by atoms with Crippen LogP contribution in [0.25, 0.3) is 0 Å². The van der Waals surface area contributed by atoms with Crippen molar-refractivity contribution >= 4 is 11.6 Å². The number of rotatable bonds is 2. The third-order valence-corrected chi connectivity index (χ3v) is 1.63. The maximum atomic E-state index is 5.77. The molecule has 0 radical (unpaired) electrons. The van der Waals surface area contributed by atoms with Gasteiger partial charge in [0, 0.05) is 13.0 Å². The third kappa shape index (κ3) is 1.88. The van der Waals surface area contributed by atoms with E-state index in [1.54, 1.807) is 0 Å². The number of halogens is 1. The Kier molecular flexibility index (Phi) is 2.37. The molecular formula is C6H10ClNO. The van der Waals surface area contributed by atoms with Gasteiger partial charge >= 0.3 is 0 Å². The van der Waals surface area contributed by atoms with Gasteiger partial charge < -0.3 is 4.74 Å². The van der Waals surface area contributed by atoms with Crippen molar-refractivity contribution in [2.24, 2.45) is 0 Å². The van der Waals surface area contributed by atoms with Gasteiger partial charge in [-0.2, -0.15) is 0 Å². The highest BCUT2D eigenvalue weighted by Crippen LogP contribution is 2.12. The molecule has 0 aromatic rings. The molecule has 52 valence electrons. The first-order valence-corrected chi connectivity index (χ1v) is 3.40. The maximum absolute atomic E-state index is 5.77. The van der Waals surface area contributed by atoms with Gasteiger partial charge in [-0.3, -0.25) is 5.32 Å². The zero-order valence-electron chi connectivity index (χ0n) is 5.14. The van der Waals surface area contributed by atoms with Crippen molar-refractivity contribution in [3.8, 4) is 0 Å². The lowest BCUT2D eigenvalue weighted by Crippen LogP contribution is -2.22. The second-order valence-corrected chi connectivity index (χ2v) is 2.65. The van der Waals surface area contributed by atoms with E-state index in [0.717, 1.165) is 13.0 Å². The van der Waals surface area contributed by atoms with Gasteiger partial charge in [0.1, 0.15) is 0 Å². The molecule has 0 saturated carbocycles. The van der Waals surface area contributed by atoms with Crippen molar-refractivity contribution < 1.29 is 4.74 Å². The van der Waals surface area contributed by atoms with E-state index in [9.17, 15) is 0 Å². The summed E-state index contributed by atoms with van der Waals surface area (Å²) in [7, 11) is 0. The van der Waals surface area contributed by atoms with Crippen LogP contribution in [0.5, 0.6) is 0 Å². The summed E-state index contributed by atoms with van der Waals surface area (Å²) in [5.74, 6) is 0. The second kappa shape index (κ2) is 3.08. The molecule has 0 spiro atoms. The van der Waals surface area contributed by atoms with Crippen molar-refractivity contribution in [3.63, 3.8) is 0 Å². The van der Waals surface area contributed by atoms with Crippen LogP contribution in [0.1, 0.15) is 6.42 Å². The van der Waals surface area contributed by atoms with Gasteiger partial charge in [-0.15, -0.1) is 11.6 Å². The Bertz CT molecular complexity index is 107. The zero-order valence-corrected chi connectivity index (χ0v) is 5.90. The molecular weight excluding hydrogens is 138 g/mol. The number of hydrogen-bond donors (Lipinski definition) is 1. The van der Waals surface area contributed by atoms with Gasteiger partial charge in [0.2, 0.25) is 0 Å². The van der Waals surface area contributed by atoms with Gasteiger partial charge in [-0.25, -0.2) is 0 Å². The van der Waals surface area contributed by atoms with E-state index in [-0.39, 0.29) is 11.6 Å². The van der Waals surface area contributed by atoms with Gasteiger partial charge in [0.05, 0.1) is 11.6 Å². The number of ether oxygens (including phenoxy) is 1. The summed E-state index contributed by atoms with van der Waals surface area (Å²) >= 11 is 5.77. The minimum Gasteiger partial charge on any atom is -0.484 e. The van der Waals surface area contributed by atoms with Gasteiger partial charge in [-0.05, 0) is 0 Å². The monoisotopic (exact) mass is 147 g/mol. The summed E-state index contributed by atoms with van der Waals surface area (Å²) in [5, 5.41) is 3.30. The van der Waals surface area contributed by atoms with Crippen LogP contribution in [-0.2, 0) is 4.74 Å². The lowest BCUT2D eigenvalue weighted by molar-refractivity contribution is 0.132. The Morgan fingerprint density at radius 1 is 1.78 bits per heavy atom. The molecule has 0 amide bonds. The minimum atomic E-state index is 0.0880. The molecule has 0 bridgehead atoms. The van der Waals surface area contributed by atoms with Crippen molar-refractivity contribution in [2.45, 2.75) is 18.0 Å². The largest absolute Gasteiger partial charge is 0.484 e. The van der Waals surface area contributed by atoms with E-state index in [1.165, 1.54) is 6.26 Å². The fraction of sp³-hybridized carbons (Fsp3) is 0.667. The average Bonchev–Trinajstić information content (AvgIpc) is 2.17. The van der Waals surface area contributed by atoms with Crippen molar-refractivity contribution in [1.29, 1.82) is 0 Å². The fourth-order valence-electron chi connectivity index (χ4n) is 0.878. The van der Waals surface area contributed by atoms with Crippen LogP contribution in [0.15, 0.2) is 12.8 Å². The molecule has 2 unspecified atom stereocenters. The zero-order chi connectivity index (χ0) is 6.69. The Hall–Kier alpha value is -0.210. The van der Waals surface area contributed by atoms with E-state index < -0.39 is 0 Å². The first-order chi connectivity index (χ1) is 4.33. The molecule has 1 rings (SSSR count). The molecule has 3 heteroatoms. The molecule has 1 aliphatic rings. The molecule has 0 aromatic heterocycles. The smallest absolute Gasteiger partial charge is 0.150 e. The molecule has 2 nitrogen and oxygen atoms in total. The topological polar surface area (TPSA) is 21.3 Å². The summed E-state index contributed by atoms with van der Waals surface area (Å²) in [6.45, 7) is 4.28. The summed E-state index contributed by atoms with van der Waals surface area (Å²) < 4.78 is 5.04. The molecule has 1 fully saturated rings. The molecule has 0 aliphatic carbocycles.